The minimum absolute atomic E-state index is 0. The Morgan fingerprint density at radius 3 is 2.40 bits per heavy atom. The molecule has 0 fully saturated rings. The summed E-state index contributed by atoms with van der Waals surface area (Å²) in [5.74, 6) is 1.54. The first-order valence-electron chi connectivity index (χ1n) is 14.1. The second kappa shape index (κ2) is 12.4. The fourth-order valence-electron chi connectivity index (χ4n) is 5.82. The summed E-state index contributed by atoms with van der Waals surface area (Å²) in [5.41, 5.74) is 4.31. The number of rotatable bonds is 7. The molecule has 3 heterocycles. The fraction of sp³-hybridized carbons (Fsp3) is 0.324. The number of aliphatic hydroxyl groups excluding tert-OH is 1. The molecule has 0 spiro atoms. The number of carbonyl (C=O) groups is 1. The van der Waals surface area contributed by atoms with Gasteiger partial charge in [-0.25, -0.2) is 4.98 Å². The number of hydrogen-bond acceptors (Lipinski definition) is 4. The molecule has 6 rings (SSSR count). The van der Waals surface area contributed by atoms with Crippen LogP contribution in [0.5, 0.6) is 0 Å². The summed E-state index contributed by atoms with van der Waals surface area (Å²) in [4.78, 5) is 21.2. The average Bonchev–Trinajstić information content (AvgIpc) is 3.30. The van der Waals surface area contributed by atoms with Crippen LogP contribution in [0.1, 0.15) is 59.2 Å². The van der Waals surface area contributed by atoms with Crippen LogP contribution in [0.25, 0.3) is 49.0 Å². The monoisotopic (exact) mass is 711 g/mol. The summed E-state index contributed by atoms with van der Waals surface area (Å²) in [6, 6.07) is 20.3. The van der Waals surface area contributed by atoms with E-state index in [1.807, 2.05) is 46.0 Å². The van der Waals surface area contributed by atoms with Crippen molar-refractivity contribution in [3.05, 3.63) is 78.5 Å². The first-order valence-corrected chi connectivity index (χ1v) is 14.1. The van der Waals surface area contributed by atoms with Gasteiger partial charge in [-0.15, -0.1) is 35.0 Å². The van der Waals surface area contributed by atoms with Gasteiger partial charge in [0.25, 0.3) is 0 Å². The summed E-state index contributed by atoms with van der Waals surface area (Å²) in [6.07, 6.45) is 6.79. The predicted molar refractivity (Wildman–Crippen MR) is 162 cm³/mol. The van der Waals surface area contributed by atoms with Crippen molar-refractivity contribution in [3.8, 4) is 0 Å². The number of para-hydroxylation sites is 1. The number of aromatic nitrogens is 3. The molecule has 0 amide bonds. The van der Waals surface area contributed by atoms with Crippen molar-refractivity contribution in [2.45, 2.75) is 60.3 Å². The van der Waals surface area contributed by atoms with E-state index in [1.54, 1.807) is 0 Å². The van der Waals surface area contributed by atoms with Crippen LogP contribution in [-0.2, 0) is 24.9 Å². The number of pyridine rings is 2. The molecule has 3 aromatic heterocycles. The number of allylic oxidation sites excluding steroid dienone is 2. The first kappa shape index (κ1) is 29.6. The van der Waals surface area contributed by atoms with E-state index >= 15 is 0 Å². The van der Waals surface area contributed by atoms with Crippen molar-refractivity contribution in [2.75, 3.05) is 0 Å². The summed E-state index contributed by atoms with van der Waals surface area (Å²) in [6.45, 7) is 10.1. The van der Waals surface area contributed by atoms with Gasteiger partial charge in [-0.2, -0.15) is 0 Å². The number of aliphatic hydroxyl groups is 1. The molecule has 0 unspecified atom stereocenters. The van der Waals surface area contributed by atoms with Gasteiger partial charge in [0.1, 0.15) is 11.3 Å². The second-order valence-electron chi connectivity index (χ2n) is 10.3. The third kappa shape index (κ3) is 5.11. The van der Waals surface area contributed by atoms with Gasteiger partial charge in [-0.05, 0) is 55.0 Å². The Labute approximate surface area is 249 Å². The van der Waals surface area contributed by atoms with Crippen LogP contribution in [0.3, 0.4) is 0 Å². The van der Waals surface area contributed by atoms with Crippen molar-refractivity contribution >= 4 is 54.8 Å². The van der Waals surface area contributed by atoms with E-state index in [4.69, 9.17) is 9.97 Å². The summed E-state index contributed by atoms with van der Waals surface area (Å²) in [5, 5.41) is 15.7. The number of carbonyl (C=O) groups excluding carboxylic acids is 1. The Morgan fingerprint density at radius 1 is 1.00 bits per heavy atom. The van der Waals surface area contributed by atoms with Gasteiger partial charge in [-0.1, -0.05) is 52.0 Å². The number of benzene rings is 3. The second-order valence-corrected chi connectivity index (χ2v) is 10.3. The van der Waals surface area contributed by atoms with Crippen molar-refractivity contribution in [1.82, 2.24) is 14.4 Å². The van der Waals surface area contributed by atoms with Crippen LogP contribution >= 0.6 is 0 Å². The van der Waals surface area contributed by atoms with E-state index in [2.05, 4.69) is 53.8 Å². The Balaban J connectivity index is 0.000000204. The molecule has 0 atom stereocenters. The Bertz CT molecular complexity index is 1810. The van der Waals surface area contributed by atoms with Gasteiger partial charge in [0.05, 0.1) is 16.8 Å². The third-order valence-corrected chi connectivity index (χ3v) is 8.07. The molecule has 0 aliphatic carbocycles. The molecular weight excluding hydrogens is 675 g/mol. The standard InChI is InChI=1S/C21H12N3.C13H24O2.Ir/c1-12-23-17-11-22-20-14-7-3-2-6-13(14)10-16-15-8-4-5-9-18(15)24(12)21(17)19(16)20;1-5-10(6-2)12(14)9-13(15)11(7-3)8-4;/h2-6,8-11H,1H3;9-11,14H,5-8H2,1-4H3;/q-1;;/b;12-9-;. The molecule has 0 saturated carbocycles. The van der Waals surface area contributed by atoms with Crippen LogP contribution in [-0.4, -0.2) is 25.3 Å². The zero-order valence-corrected chi connectivity index (χ0v) is 26.2. The zero-order chi connectivity index (χ0) is 27.7. The maximum absolute atomic E-state index is 11.7. The van der Waals surface area contributed by atoms with Crippen molar-refractivity contribution in [2.24, 2.45) is 11.8 Å². The first-order chi connectivity index (χ1) is 18.9. The van der Waals surface area contributed by atoms with E-state index in [0.29, 0.717) is 0 Å². The van der Waals surface area contributed by atoms with Crippen LogP contribution in [0.2, 0.25) is 0 Å². The van der Waals surface area contributed by atoms with Crippen molar-refractivity contribution in [3.63, 3.8) is 0 Å². The Morgan fingerprint density at radius 2 is 1.70 bits per heavy atom. The van der Waals surface area contributed by atoms with E-state index in [9.17, 15) is 9.90 Å². The topological polar surface area (TPSA) is 67.5 Å². The van der Waals surface area contributed by atoms with Crippen LogP contribution < -0.4 is 0 Å². The summed E-state index contributed by atoms with van der Waals surface area (Å²) in [7, 11) is 0. The van der Waals surface area contributed by atoms with Gasteiger partial charge in [0, 0.05) is 49.6 Å². The maximum Gasteiger partial charge on any atom is 0.162 e. The van der Waals surface area contributed by atoms with Crippen LogP contribution in [0.15, 0.2) is 66.6 Å². The Hall–Kier alpha value is -3.34. The van der Waals surface area contributed by atoms with Crippen LogP contribution in [0.4, 0.5) is 0 Å². The molecule has 1 radical (unpaired) electrons. The van der Waals surface area contributed by atoms with Crippen LogP contribution in [0, 0.1) is 24.8 Å². The number of aryl methyl sites for hydroxylation is 1. The number of fused-ring (bicyclic) bond motifs is 5. The molecule has 3 aromatic carbocycles. The number of ketones is 1. The average molecular weight is 711 g/mol. The SMILES string of the molecule is CCC(CC)C(=O)/C=C(\O)C(CC)CC.Cc1nc2cnc3c4[c-]cccc4cc4c5ccccc5n1c2c43.[Ir]. The van der Waals surface area contributed by atoms with E-state index < -0.39 is 0 Å². The van der Waals surface area contributed by atoms with Gasteiger partial charge >= 0.3 is 0 Å². The third-order valence-electron chi connectivity index (χ3n) is 8.07. The molecule has 209 valence electrons. The van der Waals surface area contributed by atoms with Gasteiger partial charge in [-0.3, -0.25) is 9.20 Å². The normalized spacial score (nSPS) is 12.1. The number of hydrogen-bond donors (Lipinski definition) is 1. The van der Waals surface area contributed by atoms with Gasteiger partial charge in [0.2, 0.25) is 0 Å². The van der Waals surface area contributed by atoms with E-state index in [1.165, 1.54) is 33.1 Å². The molecule has 40 heavy (non-hydrogen) atoms. The fourth-order valence-corrected chi connectivity index (χ4v) is 5.82. The number of nitrogens with zero attached hydrogens (tertiary/aromatic N) is 3. The van der Waals surface area contributed by atoms with Crippen molar-refractivity contribution < 1.29 is 30.0 Å². The van der Waals surface area contributed by atoms with Gasteiger partial charge in [0.15, 0.2) is 5.78 Å². The molecule has 1 N–H and O–H groups in total. The molecule has 5 nitrogen and oxygen atoms in total. The largest absolute Gasteiger partial charge is 0.512 e. The van der Waals surface area contributed by atoms with Gasteiger partial charge < -0.3 is 10.1 Å². The van der Waals surface area contributed by atoms with E-state index in [-0.39, 0.29) is 43.5 Å². The molecule has 0 aliphatic heterocycles. The van der Waals surface area contributed by atoms with E-state index in [0.717, 1.165) is 53.4 Å². The maximum atomic E-state index is 11.7. The predicted octanol–water partition coefficient (Wildman–Crippen LogP) is 8.76. The summed E-state index contributed by atoms with van der Waals surface area (Å²) < 4.78 is 2.26. The minimum atomic E-state index is 0. The smallest absolute Gasteiger partial charge is 0.162 e. The zero-order valence-electron chi connectivity index (χ0n) is 23.8. The molecule has 0 aliphatic rings. The quantitative estimate of drug-likeness (QED) is 0.0592. The molecule has 0 saturated heterocycles. The minimum Gasteiger partial charge on any atom is -0.512 e. The molecule has 6 heteroatoms. The Kier molecular flexibility index (Phi) is 9.22. The van der Waals surface area contributed by atoms with Crippen molar-refractivity contribution in [1.29, 1.82) is 0 Å². The molecule has 0 bridgehead atoms. The molecule has 6 aromatic rings. The molecular formula is C34H36IrN3O2-. The number of imidazole rings is 1. The summed E-state index contributed by atoms with van der Waals surface area (Å²) >= 11 is 0.